The van der Waals surface area contributed by atoms with Crippen molar-refractivity contribution >= 4 is 11.8 Å². The van der Waals surface area contributed by atoms with Crippen molar-refractivity contribution in [3.63, 3.8) is 0 Å². The van der Waals surface area contributed by atoms with Gasteiger partial charge in [0.15, 0.2) is 5.76 Å². The Hall–Kier alpha value is -2.60. The number of rotatable bonds is 5. The first-order chi connectivity index (χ1) is 12.8. The Labute approximate surface area is 159 Å². The highest BCUT2D eigenvalue weighted by Crippen LogP contribution is 2.27. The number of nitrogens with two attached hydrogens (primary N) is 1. The van der Waals surface area contributed by atoms with Crippen LogP contribution in [0.25, 0.3) is 0 Å². The first-order valence-corrected chi connectivity index (χ1v) is 9.19. The number of likely N-dealkylation sites (N-methyl/N-ethyl adjacent to an activating group) is 1. The molecule has 1 aromatic heterocycles. The smallest absolute Gasteiger partial charge is 0.290 e. The molecule has 0 radical (unpaired) electrons. The molecule has 2 heterocycles. The van der Waals surface area contributed by atoms with E-state index in [-0.39, 0.29) is 23.0 Å². The van der Waals surface area contributed by atoms with Crippen molar-refractivity contribution < 1.29 is 14.0 Å². The van der Waals surface area contributed by atoms with E-state index in [1.54, 1.807) is 29.0 Å². The molecule has 0 bridgehead atoms. The summed E-state index contributed by atoms with van der Waals surface area (Å²) in [6.07, 6.45) is 1.96. The third-order valence-corrected chi connectivity index (χ3v) is 5.12. The molecule has 1 aromatic carbocycles. The number of nitrogens with zero attached hydrogens (tertiary/aromatic N) is 2. The lowest BCUT2D eigenvalue weighted by Gasteiger charge is -2.39. The van der Waals surface area contributed by atoms with E-state index in [2.05, 4.69) is 0 Å². The maximum absolute atomic E-state index is 13.2. The van der Waals surface area contributed by atoms with E-state index in [0.717, 1.165) is 11.1 Å². The van der Waals surface area contributed by atoms with Gasteiger partial charge in [0.25, 0.3) is 5.91 Å². The van der Waals surface area contributed by atoms with Gasteiger partial charge in [0.2, 0.25) is 5.91 Å². The van der Waals surface area contributed by atoms with Crippen LogP contribution < -0.4 is 5.73 Å². The Morgan fingerprint density at radius 1 is 1.22 bits per heavy atom. The summed E-state index contributed by atoms with van der Waals surface area (Å²) in [7, 11) is 1.77. The molecule has 2 N–H and O–H groups in total. The Morgan fingerprint density at radius 3 is 2.56 bits per heavy atom. The largest absolute Gasteiger partial charge is 0.459 e. The van der Waals surface area contributed by atoms with E-state index in [9.17, 15) is 9.59 Å². The number of furan rings is 1. The summed E-state index contributed by atoms with van der Waals surface area (Å²) < 4.78 is 5.29. The van der Waals surface area contributed by atoms with E-state index in [0.29, 0.717) is 26.1 Å². The van der Waals surface area contributed by atoms with Gasteiger partial charge in [-0.25, -0.2) is 0 Å². The predicted octanol–water partition coefficient (Wildman–Crippen LogP) is 2.29. The first-order valence-electron chi connectivity index (χ1n) is 9.19. The van der Waals surface area contributed by atoms with Gasteiger partial charge in [0.1, 0.15) is 6.04 Å². The molecule has 27 heavy (non-hydrogen) atoms. The Balaban J connectivity index is 1.89. The SMILES string of the molecule is CN(CC(C)(C)CN)C(=O)C1Cc2ccccc2CN1C(=O)c1ccco1. The van der Waals surface area contributed by atoms with Crippen LogP contribution in [0, 0.1) is 5.41 Å². The van der Waals surface area contributed by atoms with Crippen molar-refractivity contribution in [3.8, 4) is 0 Å². The second kappa shape index (κ2) is 7.56. The standard InChI is InChI=1S/C21H27N3O3/c1-21(2,13-22)14-23(3)19(25)17-11-15-7-4-5-8-16(15)12-24(17)20(26)18-9-6-10-27-18/h4-10,17H,11-14,22H2,1-3H3. The quantitative estimate of drug-likeness (QED) is 0.877. The molecule has 1 atom stereocenters. The molecule has 3 rings (SSSR count). The van der Waals surface area contributed by atoms with E-state index in [1.165, 1.54) is 6.26 Å². The van der Waals surface area contributed by atoms with Crippen molar-refractivity contribution in [1.82, 2.24) is 9.80 Å². The van der Waals surface area contributed by atoms with Gasteiger partial charge >= 0.3 is 0 Å². The molecule has 1 unspecified atom stereocenters. The van der Waals surface area contributed by atoms with Crippen LogP contribution >= 0.6 is 0 Å². The number of carbonyl (C=O) groups excluding carboxylic acids is 2. The number of hydrogen-bond acceptors (Lipinski definition) is 4. The van der Waals surface area contributed by atoms with Gasteiger partial charge in [0.05, 0.1) is 6.26 Å². The summed E-state index contributed by atoms with van der Waals surface area (Å²) in [4.78, 5) is 29.5. The van der Waals surface area contributed by atoms with E-state index < -0.39 is 6.04 Å². The van der Waals surface area contributed by atoms with Crippen LogP contribution in [0.3, 0.4) is 0 Å². The lowest BCUT2D eigenvalue weighted by molar-refractivity contribution is -0.136. The van der Waals surface area contributed by atoms with E-state index in [4.69, 9.17) is 10.2 Å². The van der Waals surface area contributed by atoms with Crippen LogP contribution in [0.5, 0.6) is 0 Å². The Bertz CT molecular complexity index is 814. The molecule has 0 spiro atoms. The fraction of sp³-hybridized carbons (Fsp3) is 0.429. The summed E-state index contributed by atoms with van der Waals surface area (Å²) in [5.74, 6) is -0.0950. The van der Waals surface area contributed by atoms with Gasteiger partial charge < -0.3 is 20.0 Å². The fourth-order valence-electron chi connectivity index (χ4n) is 3.54. The first kappa shape index (κ1) is 19.2. The molecule has 0 saturated heterocycles. The minimum absolute atomic E-state index is 0.0778. The van der Waals surface area contributed by atoms with Gasteiger partial charge in [0, 0.05) is 26.6 Å². The van der Waals surface area contributed by atoms with Crippen LogP contribution in [-0.4, -0.2) is 47.8 Å². The van der Waals surface area contributed by atoms with E-state index >= 15 is 0 Å². The highest BCUT2D eigenvalue weighted by atomic mass is 16.3. The molecule has 2 aromatic rings. The second-order valence-corrected chi connectivity index (χ2v) is 7.96. The molecular formula is C21H27N3O3. The average molecular weight is 369 g/mol. The van der Waals surface area contributed by atoms with Gasteiger partial charge in [-0.3, -0.25) is 9.59 Å². The minimum atomic E-state index is -0.559. The molecule has 1 aliphatic heterocycles. The zero-order chi connectivity index (χ0) is 19.6. The zero-order valence-electron chi connectivity index (χ0n) is 16.1. The molecular weight excluding hydrogens is 342 g/mol. The summed E-state index contributed by atoms with van der Waals surface area (Å²) in [5, 5.41) is 0. The normalized spacial score (nSPS) is 16.7. The number of amides is 2. The zero-order valence-corrected chi connectivity index (χ0v) is 16.1. The van der Waals surface area contributed by atoms with Gasteiger partial charge in [-0.2, -0.15) is 0 Å². The molecule has 0 aliphatic carbocycles. The molecule has 0 fully saturated rings. The summed E-state index contributed by atoms with van der Waals surface area (Å²) >= 11 is 0. The maximum Gasteiger partial charge on any atom is 0.290 e. The minimum Gasteiger partial charge on any atom is -0.459 e. The number of fused-ring (bicyclic) bond motifs is 1. The molecule has 6 nitrogen and oxygen atoms in total. The average Bonchev–Trinajstić information content (AvgIpc) is 3.20. The molecule has 144 valence electrons. The van der Waals surface area contributed by atoms with Crippen molar-refractivity contribution in [2.45, 2.75) is 32.9 Å². The Morgan fingerprint density at radius 2 is 1.93 bits per heavy atom. The molecule has 1 aliphatic rings. The summed E-state index contributed by atoms with van der Waals surface area (Å²) in [6.45, 7) is 5.45. The van der Waals surface area contributed by atoms with Crippen molar-refractivity contribution in [3.05, 3.63) is 59.5 Å². The molecule has 6 heteroatoms. The lowest BCUT2D eigenvalue weighted by Crippen LogP contribution is -2.54. The van der Waals surface area contributed by atoms with Crippen molar-refractivity contribution in [2.75, 3.05) is 20.1 Å². The third-order valence-electron chi connectivity index (χ3n) is 5.12. The summed E-state index contributed by atoms with van der Waals surface area (Å²) in [5.41, 5.74) is 7.80. The number of carbonyl (C=O) groups is 2. The highest BCUT2D eigenvalue weighted by molar-refractivity contribution is 5.96. The van der Waals surface area contributed by atoms with Crippen LogP contribution in [0.1, 0.15) is 35.5 Å². The van der Waals surface area contributed by atoms with Crippen molar-refractivity contribution in [2.24, 2.45) is 11.1 Å². The van der Waals surface area contributed by atoms with Gasteiger partial charge in [-0.05, 0) is 35.2 Å². The maximum atomic E-state index is 13.2. The van der Waals surface area contributed by atoms with Crippen LogP contribution in [0.4, 0.5) is 0 Å². The third kappa shape index (κ3) is 4.06. The summed E-state index contributed by atoms with van der Waals surface area (Å²) in [6, 6.07) is 10.7. The van der Waals surface area contributed by atoms with Crippen LogP contribution in [0.15, 0.2) is 47.1 Å². The van der Waals surface area contributed by atoms with Crippen LogP contribution in [-0.2, 0) is 17.8 Å². The van der Waals surface area contributed by atoms with Gasteiger partial charge in [-0.15, -0.1) is 0 Å². The Kier molecular flexibility index (Phi) is 5.37. The lowest BCUT2D eigenvalue weighted by atomic mass is 9.91. The predicted molar refractivity (Wildman–Crippen MR) is 103 cm³/mol. The number of benzene rings is 1. The second-order valence-electron chi connectivity index (χ2n) is 7.96. The van der Waals surface area contributed by atoms with Crippen LogP contribution in [0.2, 0.25) is 0 Å². The highest BCUT2D eigenvalue weighted by Gasteiger charge is 2.38. The van der Waals surface area contributed by atoms with Crippen molar-refractivity contribution in [1.29, 1.82) is 0 Å². The topological polar surface area (TPSA) is 79.8 Å². The van der Waals surface area contributed by atoms with Gasteiger partial charge in [-0.1, -0.05) is 38.1 Å². The monoisotopic (exact) mass is 369 g/mol. The van der Waals surface area contributed by atoms with E-state index in [1.807, 2.05) is 38.1 Å². The molecule has 0 saturated carbocycles. The number of hydrogen-bond donors (Lipinski definition) is 1. The fourth-order valence-corrected chi connectivity index (χ4v) is 3.54. The molecule has 2 amide bonds.